The van der Waals surface area contributed by atoms with E-state index in [0.29, 0.717) is 0 Å². The smallest absolute Gasteiger partial charge is 0.433 e. The van der Waals surface area contributed by atoms with Crippen LogP contribution in [0, 0.1) is 0 Å². The lowest BCUT2D eigenvalue weighted by atomic mass is 10.2. The molecule has 0 aliphatic heterocycles. The summed E-state index contributed by atoms with van der Waals surface area (Å²) in [5.74, 6) is 0. The molecular weight excluding hydrogens is 218 g/mol. The molecule has 1 aromatic heterocycles. The molecule has 17 heavy (non-hydrogen) atoms. The standard InChI is InChI=1S/C12H19N3O2/c1-5-10(15-7-6-13-9-15)8-14-11(16)17-12(2,3)4/h6-10H,5H2,1-4H3. The average Bonchev–Trinajstić information content (AvgIpc) is 2.69. The first-order chi connectivity index (χ1) is 7.92. The van der Waals surface area contributed by atoms with Gasteiger partial charge in [0.05, 0.1) is 12.4 Å². The van der Waals surface area contributed by atoms with Crippen molar-refractivity contribution in [2.24, 2.45) is 4.99 Å². The monoisotopic (exact) mass is 237 g/mol. The first kappa shape index (κ1) is 13.4. The van der Waals surface area contributed by atoms with Crippen LogP contribution in [0.15, 0.2) is 23.7 Å². The van der Waals surface area contributed by atoms with Crippen molar-refractivity contribution < 1.29 is 9.53 Å². The summed E-state index contributed by atoms with van der Waals surface area (Å²) in [4.78, 5) is 19.2. The van der Waals surface area contributed by atoms with E-state index >= 15 is 0 Å². The predicted molar refractivity (Wildman–Crippen MR) is 66.3 cm³/mol. The number of aliphatic imine (C=N–C) groups is 1. The number of nitrogens with zero attached hydrogens (tertiary/aromatic N) is 3. The maximum Gasteiger partial charge on any atom is 0.433 e. The molecule has 0 N–H and O–H groups in total. The van der Waals surface area contributed by atoms with Crippen molar-refractivity contribution in [3.63, 3.8) is 0 Å². The Balaban J connectivity index is 2.60. The third-order valence-electron chi connectivity index (χ3n) is 2.07. The minimum atomic E-state index is -0.559. The molecule has 0 saturated carbocycles. The van der Waals surface area contributed by atoms with Gasteiger partial charge in [0.2, 0.25) is 0 Å². The highest BCUT2D eigenvalue weighted by molar-refractivity contribution is 5.81. The minimum absolute atomic E-state index is 0.0324. The van der Waals surface area contributed by atoms with E-state index in [4.69, 9.17) is 4.74 Å². The number of ether oxygens (including phenoxy) is 1. The fraction of sp³-hybridized carbons (Fsp3) is 0.583. The molecule has 1 unspecified atom stereocenters. The molecule has 5 heteroatoms. The molecule has 1 amide bonds. The second kappa shape index (κ2) is 5.61. The van der Waals surface area contributed by atoms with Crippen LogP contribution < -0.4 is 0 Å². The van der Waals surface area contributed by atoms with Gasteiger partial charge in [0, 0.05) is 18.6 Å². The number of amides is 1. The Hall–Kier alpha value is -1.65. The van der Waals surface area contributed by atoms with E-state index in [2.05, 4.69) is 9.98 Å². The fourth-order valence-corrected chi connectivity index (χ4v) is 1.29. The van der Waals surface area contributed by atoms with Crippen LogP contribution in [0.3, 0.4) is 0 Å². The number of hydrogen-bond acceptors (Lipinski definition) is 3. The van der Waals surface area contributed by atoms with Gasteiger partial charge in [-0.1, -0.05) is 6.92 Å². The highest BCUT2D eigenvalue weighted by Gasteiger charge is 2.15. The molecule has 0 bridgehead atoms. The first-order valence-corrected chi connectivity index (χ1v) is 5.67. The summed E-state index contributed by atoms with van der Waals surface area (Å²) in [6.07, 6.45) is 7.11. The predicted octanol–water partition coefficient (Wildman–Crippen LogP) is 2.84. The number of imidazole rings is 1. The first-order valence-electron chi connectivity index (χ1n) is 5.67. The Morgan fingerprint density at radius 1 is 1.59 bits per heavy atom. The summed E-state index contributed by atoms with van der Waals surface area (Å²) in [7, 11) is 0. The number of rotatable bonds is 3. The molecule has 0 fully saturated rings. The van der Waals surface area contributed by atoms with E-state index in [0.717, 1.165) is 6.42 Å². The highest BCUT2D eigenvalue weighted by atomic mass is 16.6. The van der Waals surface area contributed by atoms with Crippen LogP contribution in [0.25, 0.3) is 0 Å². The van der Waals surface area contributed by atoms with Crippen molar-refractivity contribution in [1.29, 1.82) is 0 Å². The largest absolute Gasteiger partial charge is 0.442 e. The van der Waals surface area contributed by atoms with Gasteiger partial charge in [0.15, 0.2) is 0 Å². The van der Waals surface area contributed by atoms with Crippen LogP contribution in [0.2, 0.25) is 0 Å². The van der Waals surface area contributed by atoms with Gasteiger partial charge in [-0.3, -0.25) is 0 Å². The van der Waals surface area contributed by atoms with E-state index in [1.54, 1.807) is 18.7 Å². The van der Waals surface area contributed by atoms with Gasteiger partial charge < -0.3 is 9.30 Å². The van der Waals surface area contributed by atoms with E-state index in [1.807, 2.05) is 38.5 Å². The molecule has 1 aromatic rings. The van der Waals surface area contributed by atoms with E-state index < -0.39 is 11.7 Å². The van der Waals surface area contributed by atoms with Crippen LogP contribution >= 0.6 is 0 Å². The quantitative estimate of drug-likeness (QED) is 0.759. The Kier molecular flexibility index (Phi) is 4.43. The molecule has 1 rings (SSSR count). The van der Waals surface area contributed by atoms with Gasteiger partial charge in [0.1, 0.15) is 5.60 Å². The third-order valence-corrected chi connectivity index (χ3v) is 2.07. The molecule has 0 aliphatic rings. The van der Waals surface area contributed by atoms with E-state index in [-0.39, 0.29) is 6.04 Å². The lowest BCUT2D eigenvalue weighted by Crippen LogP contribution is -2.22. The van der Waals surface area contributed by atoms with Crippen molar-refractivity contribution in [1.82, 2.24) is 9.55 Å². The van der Waals surface area contributed by atoms with Crippen LogP contribution in [0.5, 0.6) is 0 Å². The van der Waals surface area contributed by atoms with Gasteiger partial charge in [-0.2, -0.15) is 4.99 Å². The normalized spacial score (nSPS) is 13.9. The molecule has 94 valence electrons. The van der Waals surface area contributed by atoms with Crippen molar-refractivity contribution >= 4 is 12.3 Å². The summed E-state index contributed by atoms with van der Waals surface area (Å²) in [6, 6.07) is 0.0324. The average molecular weight is 237 g/mol. The number of hydrogen-bond donors (Lipinski definition) is 0. The summed E-state index contributed by atoms with van der Waals surface area (Å²) in [5, 5.41) is 0. The van der Waals surface area contributed by atoms with Crippen LogP contribution in [-0.4, -0.2) is 27.5 Å². The molecule has 5 nitrogen and oxygen atoms in total. The molecule has 1 heterocycles. The van der Waals surface area contributed by atoms with Crippen molar-refractivity contribution in [3.8, 4) is 0 Å². The van der Waals surface area contributed by atoms with Gasteiger partial charge in [0.25, 0.3) is 0 Å². The maximum absolute atomic E-state index is 11.4. The van der Waals surface area contributed by atoms with Gasteiger partial charge in [-0.05, 0) is 27.2 Å². The zero-order chi connectivity index (χ0) is 12.9. The lowest BCUT2D eigenvalue weighted by Gasteiger charge is -2.17. The Bertz CT molecular complexity index is 377. The van der Waals surface area contributed by atoms with Crippen LogP contribution in [0.1, 0.15) is 40.2 Å². The van der Waals surface area contributed by atoms with Crippen molar-refractivity contribution in [2.75, 3.05) is 0 Å². The zero-order valence-electron chi connectivity index (χ0n) is 10.8. The van der Waals surface area contributed by atoms with Crippen molar-refractivity contribution in [2.45, 2.75) is 45.8 Å². The Morgan fingerprint density at radius 3 is 2.76 bits per heavy atom. The van der Waals surface area contributed by atoms with Gasteiger partial charge in [-0.15, -0.1) is 0 Å². The molecule has 0 aliphatic carbocycles. The second-order valence-corrected chi connectivity index (χ2v) is 4.74. The van der Waals surface area contributed by atoms with Crippen LogP contribution in [-0.2, 0) is 4.74 Å². The number of carbonyl (C=O) groups is 1. The summed E-state index contributed by atoms with van der Waals surface area (Å²) in [5.41, 5.74) is -0.509. The molecule has 0 saturated heterocycles. The SMILES string of the molecule is CCC(C=NC(=O)OC(C)(C)C)n1ccnc1. The van der Waals surface area contributed by atoms with Gasteiger partial charge >= 0.3 is 6.09 Å². The summed E-state index contributed by atoms with van der Waals surface area (Å²) < 4.78 is 6.98. The third kappa shape index (κ3) is 4.80. The number of aromatic nitrogens is 2. The second-order valence-electron chi connectivity index (χ2n) is 4.74. The molecular formula is C12H19N3O2. The van der Waals surface area contributed by atoms with Gasteiger partial charge in [-0.25, -0.2) is 9.78 Å². The molecule has 0 spiro atoms. The fourth-order valence-electron chi connectivity index (χ4n) is 1.29. The minimum Gasteiger partial charge on any atom is -0.442 e. The zero-order valence-corrected chi connectivity index (χ0v) is 10.8. The molecule has 0 aromatic carbocycles. The van der Waals surface area contributed by atoms with Crippen LogP contribution in [0.4, 0.5) is 4.79 Å². The Morgan fingerprint density at radius 2 is 2.29 bits per heavy atom. The van der Waals surface area contributed by atoms with E-state index in [9.17, 15) is 4.79 Å². The number of carbonyl (C=O) groups excluding carboxylic acids is 1. The molecule has 1 atom stereocenters. The maximum atomic E-state index is 11.4. The summed E-state index contributed by atoms with van der Waals surface area (Å²) in [6.45, 7) is 7.46. The van der Waals surface area contributed by atoms with Crippen molar-refractivity contribution in [3.05, 3.63) is 18.7 Å². The topological polar surface area (TPSA) is 56.5 Å². The van der Waals surface area contributed by atoms with E-state index in [1.165, 1.54) is 0 Å². The molecule has 0 radical (unpaired) electrons. The lowest BCUT2D eigenvalue weighted by molar-refractivity contribution is 0.0604. The summed E-state index contributed by atoms with van der Waals surface area (Å²) >= 11 is 0. The Labute approximate surface area is 102 Å². The highest BCUT2D eigenvalue weighted by Crippen LogP contribution is 2.10.